The van der Waals surface area contributed by atoms with E-state index in [0.29, 0.717) is 33.8 Å². The minimum absolute atomic E-state index is 0.0648. The second-order valence-corrected chi connectivity index (χ2v) is 5.06. The van der Waals surface area contributed by atoms with Crippen LogP contribution in [0, 0.1) is 5.82 Å². The van der Waals surface area contributed by atoms with Crippen molar-refractivity contribution in [3.8, 4) is 0 Å². The number of nitrogens with one attached hydrogen (secondary N) is 2. The molecule has 0 amide bonds. The van der Waals surface area contributed by atoms with Gasteiger partial charge in [0.15, 0.2) is 5.65 Å². The number of pyridine rings is 1. The van der Waals surface area contributed by atoms with Gasteiger partial charge in [-0.1, -0.05) is 12.7 Å². The molecule has 0 bridgehead atoms. The molecule has 116 valence electrons. The summed E-state index contributed by atoms with van der Waals surface area (Å²) in [5.41, 5.74) is 2.01. The van der Waals surface area contributed by atoms with Crippen LogP contribution in [0.15, 0.2) is 37.0 Å². The Morgan fingerprint density at radius 3 is 2.87 bits per heavy atom. The predicted molar refractivity (Wildman–Crippen MR) is 91.7 cm³/mol. The highest BCUT2D eigenvalue weighted by Gasteiger charge is 2.11. The molecule has 0 saturated carbocycles. The van der Waals surface area contributed by atoms with Gasteiger partial charge in [-0.15, -0.1) is 0 Å². The minimum atomic E-state index is -0.394. The molecular formula is C16H13ClFN5. The molecule has 0 aliphatic heterocycles. The van der Waals surface area contributed by atoms with Crippen LogP contribution in [-0.4, -0.2) is 22.0 Å². The van der Waals surface area contributed by atoms with Crippen molar-refractivity contribution in [3.05, 3.63) is 53.7 Å². The van der Waals surface area contributed by atoms with E-state index >= 15 is 0 Å². The summed E-state index contributed by atoms with van der Waals surface area (Å²) in [5.74, 6) is 0.0645. The molecule has 0 atom stereocenters. The molecule has 3 rings (SSSR count). The Hall–Kier alpha value is -2.73. The minimum Gasteiger partial charge on any atom is -0.385 e. The first-order valence-corrected chi connectivity index (χ1v) is 7.19. The lowest BCUT2D eigenvalue weighted by Crippen LogP contribution is -2.01. The molecule has 23 heavy (non-hydrogen) atoms. The number of rotatable bonds is 4. The molecule has 2 heterocycles. The molecule has 0 unspecified atom stereocenters. The summed E-state index contributed by atoms with van der Waals surface area (Å²) in [4.78, 5) is 12.4. The number of fused-ring (bicyclic) bond motifs is 1. The van der Waals surface area contributed by atoms with Crippen LogP contribution < -0.4 is 10.6 Å². The van der Waals surface area contributed by atoms with Crippen molar-refractivity contribution in [2.45, 2.75) is 0 Å². The third-order valence-electron chi connectivity index (χ3n) is 3.30. The second-order valence-electron chi connectivity index (χ2n) is 4.72. The molecule has 7 heteroatoms. The van der Waals surface area contributed by atoms with Crippen LogP contribution in [0.4, 0.5) is 21.6 Å². The summed E-state index contributed by atoms with van der Waals surface area (Å²) in [5, 5.41) is 6.63. The van der Waals surface area contributed by atoms with Crippen molar-refractivity contribution in [1.29, 1.82) is 0 Å². The molecule has 0 aliphatic carbocycles. The number of benzene rings is 1. The maximum atomic E-state index is 14.2. The number of nitrogens with zero attached hydrogens (tertiary/aromatic N) is 3. The van der Waals surface area contributed by atoms with Crippen molar-refractivity contribution in [3.63, 3.8) is 0 Å². The first-order chi connectivity index (χ1) is 11.1. The van der Waals surface area contributed by atoms with E-state index in [-0.39, 0.29) is 5.28 Å². The number of anilines is 3. The number of aromatic nitrogens is 3. The Kier molecular flexibility index (Phi) is 4.08. The highest BCUT2D eigenvalue weighted by Crippen LogP contribution is 2.29. The Morgan fingerprint density at radius 1 is 1.30 bits per heavy atom. The van der Waals surface area contributed by atoms with Gasteiger partial charge in [-0.2, -0.15) is 9.97 Å². The molecule has 2 aromatic heterocycles. The zero-order chi connectivity index (χ0) is 16.4. The fourth-order valence-electron chi connectivity index (χ4n) is 2.29. The van der Waals surface area contributed by atoms with Gasteiger partial charge in [0, 0.05) is 24.5 Å². The molecule has 0 aliphatic rings. The monoisotopic (exact) mass is 329 g/mol. The Balaban J connectivity index is 2.09. The van der Waals surface area contributed by atoms with Gasteiger partial charge < -0.3 is 10.6 Å². The third kappa shape index (κ3) is 2.93. The van der Waals surface area contributed by atoms with E-state index in [4.69, 9.17) is 11.6 Å². The van der Waals surface area contributed by atoms with Gasteiger partial charge in [-0.3, -0.25) is 0 Å². The van der Waals surface area contributed by atoms with Gasteiger partial charge in [-0.25, -0.2) is 9.37 Å². The summed E-state index contributed by atoms with van der Waals surface area (Å²) in [6, 6.07) is 6.72. The molecule has 1 aromatic carbocycles. The highest BCUT2D eigenvalue weighted by molar-refractivity contribution is 6.28. The van der Waals surface area contributed by atoms with E-state index in [0.717, 1.165) is 0 Å². The fourth-order valence-corrected chi connectivity index (χ4v) is 2.46. The largest absolute Gasteiger partial charge is 0.385 e. The van der Waals surface area contributed by atoms with Gasteiger partial charge in [0.2, 0.25) is 5.28 Å². The van der Waals surface area contributed by atoms with Crippen molar-refractivity contribution in [2.75, 3.05) is 17.7 Å². The highest BCUT2D eigenvalue weighted by atomic mass is 35.5. The van der Waals surface area contributed by atoms with Gasteiger partial charge in [0.1, 0.15) is 11.6 Å². The SMILES string of the molecule is C=Cc1cc(Nc2nc(Cl)nc3ncccc23)cc(F)c1NC. The summed E-state index contributed by atoms with van der Waals surface area (Å²) in [6.07, 6.45) is 3.19. The molecule has 2 N–H and O–H groups in total. The molecule has 0 spiro atoms. The average molecular weight is 330 g/mol. The Labute approximate surface area is 137 Å². The summed E-state index contributed by atoms with van der Waals surface area (Å²) >= 11 is 5.93. The van der Waals surface area contributed by atoms with Crippen LogP contribution >= 0.6 is 11.6 Å². The van der Waals surface area contributed by atoms with Gasteiger partial charge >= 0.3 is 0 Å². The second kappa shape index (κ2) is 6.18. The van der Waals surface area contributed by atoms with E-state index in [1.807, 2.05) is 6.07 Å². The lowest BCUT2D eigenvalue weighted by Gasteiger charge is -2.12. The van der Waals surface area contributed by atoms with E-state index in [1.165, 1.54) is 6.07 Å². The topological polar surface area (TPSA) is 62.7 Å². The number of hydrogen-bond acceptors (Lipinski definition) is 5. The average Bonchev–Trinajstić information content (AvgIpc) is 2.54. The van der Waals surface area contributed by atoms with Gasteiger partial charge in [0.25, 0.3) is 0 Å². The van der Waals surface area contributed by atoms with Crippen LogP contribution in [-0.2, 0) is 0 Å². The van der Waals surface area contributed by atoms with E-state index < -0.39 is 5.82 Å². The number of halogens is 2. The fraction of sp³-hybridized carbons (Fsp3) is 0.0625. The summed E-state index contributed by atoms with van der Waals surface area (Å²) in [6.45, 7) is 3.70. The zero-order valence-electron chi connectivity index (χ0n) is 12.3. The third-order valence-corrected chi connectivity index (χ3v) is 3.47. The standard InChI is InChI=1S/C16H13ClFN5/c1-3-9-7-10(8-12(18)13(9)19-2)21-15-11-5-4-6-20-14(11)22-16(17)23-15/h3-8,19H,1H2,2H3,(H,20,21,22,23). The molecule has 5 nitrogen and oxygen atoms in total. The smallest absolute Gasteiger partial charge is 0.226 e. The van der Waals surface area contributed by atoms with Crippen molar-refractivity contribution in [1.82, 2.24) is 15.0 Å². The number of hydrogen-bond donors (Lipinski definition) is 2. The normalized spacial score (nSPS) is 10.6. The van der Waals surface area contributed by atoms with Gasteiger partial charge in [-0.05, 0) is 35.9 Å². The predicted octanol–water partition coefficient (Wildman–Crippen LogP) is 4.25. The van der Waals surface area contributed by atoms with Crippen LogP contribution in [0.25, 0.3) is 17.1 Å². The molecule has 0 saturated heterocycles. The summed E-state index contributed by atoms with van der Waals surface area (Å²) in [7, 11) is 1.65. The van der Waals surface area contributed by atoms with Gasteiger partial charge in [0.05, 0.1) is 11.1 Å². The maximum Gasteiger partial charge on any atom is 0.226 e. The Morgan fingerprint density at radius 2 is 2.13 bits per heavy atom. The van der Waals surface area contributed by atoms with Crippen molar-refractivity contribution < 1.29 is 4.39 Å². The summed E-state index contributed by atoms with van der Waals surface area (Å²) < 4.78 is 14.2. The molecule has 3 aromatic rings. The van der Waals surface area contributed by atoms with E-state index in [9.17, 15) is 4.39 Å². The molecule has 0 radical (unpaired) electrons. The first-order valence-electron chi connectivity index (χ1n) is 6.81. The van der Waals surface area contributed by atoms with E-state index in [1.54, 1.807) is 31.5 Å². The van der Waals surface area contributed by atoms with Crippen molar-refractivity contribution in [2.24, 2.45) is 0 Å². The maximum absolute atomic E-state index is 14.2. The van der Waals surface area contributed by atoms with Crippen LogP contribution in [0.1, 0.15) is 5.56 Å². The van der Waals surface area contributed by atoms with Crippen molar-refractivity contribution >= 4 is 45.9 Å². The Bertz CT molecular complexity index is 897. The zero-order valence-corrected chi connectivity index (χ0v) is 13.0. The lowest BCUT2D eigenvalue weighted by molar-refractivity contribution is 0.631. The lowest BCUT2D eigenvalue weighted by atomic mass is 10.1. The van der Waals surface area contributed by atoms with Crippen LogP contribution in [0.5, 0.6) is 0 Å². The van der Waals surface area contributed by atoms with Crippen LogP contribution in [0.3, 0.4) is 0 Å². The first kappa shape index (κ1) is 15.2. The molecule has 0 fully saturated rings. The quantitative estimate of drug-likeness (QED) is 0.701. The van der Waals surface area contributed by atoms with E-state index in [2.05, 4.69) is 32.2 Å². The molecular weight excluding hydrogens is 317 g/mol. The van der Waals surface area contributed by atoms with Crippen LogP contribution in [0.2, 0.25) is 5.28 Å².